The average Bonchev–Trinajstić information content (AvgIpc) is 2.38. The first-order valence-electron chi connectivity index (χ1n) is 5.54. The lowest BCUT2D eigenvalue weighted by Gasteiger charge is -2.08. The Morgan fingerprint density at radius 1 is 1.17 bits per heavy atom. The van der Waals surface area contributed by atoms with E-state index in [0.717, 1.165) is 17.4 Å². The first kappa shape index (κ1) is 12.2. The van der Waals surface area contributed by atoms with E-state index >= 15 is 0 Å². The molecule has 0 aliphatic carbocycles. The minimum absolute atomic E-state index is 0.0810. The van der Waals surface area contributed by atoms with Gasteiger partial charge in [0.2, 0.25) is 0 Å². The molecule has 3 nitrogen and oxygen atoms in total. The topological polar surface area (TPSA) is 41.5 Å². The highest BCUT2D eigenvalue weighted by atomic mass is 19.1. The number of aromatic hydroxyl groups is 1. The molecule has 4 heteroatoms. The Morgan fingerprint density at radius 2 is 1.89 bits per heavy atom. The van der Waals surface area contributed by atoms with Crippen molar-refractivity contribution in [1.29, 1.82) is 0 Å². The van der Waals surface area contributed by atoms with Gasteiger partial charge in [-0.05, 0) is 29.8 Å². The van der Waals surface area contributed by atoms with Crippen molar-refractivity contribution in [2.75, 3.05) is 12.4 Å². The zero-order valence-corrected chi connectivity index (χ0v) is 9.98. The van der Waals surface area contributed by atoms with Gasteiger partial charge in [0.15, 0.2) is 0 Å². The monoisotopic (exact) mass is 247 g/mol. The third-order valence-electron chi connectivity index (χ3n) is 2.59. The summed E-state index contributed by atoms with van der Waals surface area (Å²) < 4.78 is 18.5. The Hall–Kier alpha value is -2.23. The number of methoxy groups -OCH3 is 1. The molecule has 2 N–H and O–H groups in total. The molecule has 0 amide bonds. The number of halogens is 1. The molecule has 0 atom stereocenters. The van der Waals surface area contributed by atoms with Gasteiger partial charge in [0.05, 0.1) is 12.8 Å². The summed E-state index contributed by atoms with van der Waals surface area (Å²) >= 11 is 0. The lowest BCUT2D eigenvalue weighted by atomic mass is 10.2. The summed E-state index contributed by atoms with van der Waals surface area (Å²) in [5, 5.41) is 12.1. The molecule has 0 aromatic heterocycles. The van der Waals surface area contributed by atoms with Crippen LogP contribution in [0.3, 0.4) is 0 Å². The van der Waals surface area contributed by atoms with Gasteiger partial charge in [-0.2, -0.15) is 0 Å². The van der Waals surface area contributed by atoms with Crippen LogP contribution in [0.1, 0.15) is 5.56 Å². The molecule has 0 aliphatic heterocycles. The van der Waals surface area contributed by atoms with Gasteiger partial charge in [-0.25, -0.2) is 4.39 Å². The van der Waals surface area contributed by atoms with E-state index in [9.17, 15) is 4.39 Å². The normalized spacial score (nSPS) is 10.1. The van der Waals surface area contributed by atoms with Crippen LogP contribution >= 0.6 is 0 Å². The number of nitrogens with one attached hydrogen (secondary N) is 1. The number of anilines is 1. The molecule has 94 valence electrons. The van der Waals surface area contributed by atoms with Crippen LogP contribution in [0, 0.1) is 5.82 Å². The number of rotatable bonds is 4. The minimum atomic E-state index is -0.469. The first-order valence-corrected chi connectivity index (χ1v) is 5.54. The highest BCUT2D eigenvalue weighted by Gasteiger charge is 2.02. The maximum Gasteiger partial charge on any atom is 0.149 e. The van der Waals surface area contributed by atoms with Gasteiger partial charge >= 0.3 is 0 Å². The summed E-state index contributed by atoms with van der Waals surface area (Å²) in [6, 6.07) is 11.5. The fourth-order valence-corrected chi connectivity index (χ4v) is 1.59. The van der Waals surface area contributed by atoms with Crippen molar-refractivity contribution >= 4 is 5.69 Å². The van der Waals surface area contributed by atoms with Crippen LogP contribution in [0.2, 0.25) is 0 Å². The zero-order chi connectivity index (χ0) is 13.0. The molecule has 2 rings (SSSR count). The molecule has 18 heavy (non-hydrogen) atoms. The Morgan fingerprint density at radius 3 is 2.50 bits per heavy atom. The maximum atomic E-state index is 13.4. The van der Waals surface area contributed by atoms with E-state index < -0.39 is 5.82 Å². The summed E-state index contributed by atoms with van der Waals surface area (Å²) in [5.41, 5.74) is 1.38. The summed E-state index contributed by atoms with van der Waals surface area (Å²) in [7, 11) is 1.61. The van der Waals surface area contributed by atoms with E-state index in [1.807, 2.05) is 24.3 Å². The number of phenolic OH excluding ortho intramolecular Hbond substituents is 1. The SMILES string of the molecule is COc1ccc(CNc2ccc(O)cc2F)cc1. The van der Waals surface area contributed by atoms with Crippen LogP contribution in [0.15, 0.2) is 42.5 Å². The second kappa shape index (κ2) is 5.40. The van der Waals surface area contributed by atoms with Gasteiger partial charge in [-0.1, -0.05) is 12.1 Å². The zero-order valence-electron chi connectivity index (χ0n) is 9.98. The third kappa shape index (κ3) is 2.91. The van der Waals surface area contributed by atoms with Gasteiger partial charge in [0, 0.05) is 12.6 Å². The first-order chi connectivity index (χ1) is 8.69. The van der Waals surface area contributed by atoms with E-state index in [-0.39, 0.29) is 5.75 Å². The van der Waals surface area contributed by atoms with E-state index in [1.54, 1.807) is 7.11 Å². The van der Waals surface area contributed by atoms with Crippen molar-refractivity contribution in [3.8, 4) is 11.5 Å². The fourth-order valence-electron chi connectivity index (χ4n) is 1.59. The van der Waals surface area contributed by atoms with Crippen LogP contribution in [0.25, 0.3) is 0 Å². The van der Waals surface area contributed by atoms with Gasteiger partial charge < -0.3 is 15.2 Å². The Balaban J connectivity index is 2.02. The van der Waals surface area contributed by atoms with Crippen molar-refractivity contribution in [2.24, 2.45) is 0 Å². The highest BCUT2D eigenvalue weighted by Crippen LogP contribution is 2.20. The van der Waals surface area contributed by atoms with Crippen molar-refractivity contribution in [3.63, 3.8) is 0 Å². The van der Waals surface area contributed by atoms with E-state index in [0.29, 0.717) is 12.2 Å². The van der Waals surface area contributed by atoms with Crippen molar-refractivity contribution in [1.82, 2.24) is 0 Å². The predicted molar refractivity (Wildman–Crippen MR) is 68.4 cm³/mol. The van der Waals surface area contributed by atoms with Gasteiger partial charge in [0.1, 0.15) is 17.3 Å². The molecule has 0 saturated carbocycles. The number of phenols is 1. The summed E-state index contributed by atoms with van der Waals surface area (Å²) in [6.45, 7) is 0.506. The highest BCUT2D eigenvalue weighted by molar-refractivity contribution is 5.48. The number of hydrogen-bond acceptors (Lipinski definition) is 3. The standard InChI is InChI=1S/C14H14FNO2/c1-18-12-5-2-10(3-6-12)9-16-14-7-4-11(17)8-13(14)15/h2-8,16-17H,9H2,1H3. The number of benzene rings is 2. The maximum absolute atomic E-state index is 13.4. The average molecular weight is 247 g/mol. The molecule has 0 heterocycles. The lowest BCUT2D eigenvalue weighted by Crippen LogP contribution is -2.01. The summed E-state index contributed by atoms with van der Waals surface area (Å²) in [5.74, 6) is 0.237. The molecule has 0 aliphatic rings. The van der Waals surface area contributed by atoms with Gasteiger partial charge in [0.25, 0.3) is 0 Å². The molecule has 0 radical (unpaired) electrons. The van der Waals surface area contributed by atoms with Crippen LogP contribution in [0.4, 0.5) is 10.1 Å². The quantitative estimate of drug-likeness (QED) is 0.815. The third-order valence-corrected chi connectivity index (χ3v) is 2.59. The van der Waals surface area contributed by atoms with Crippen molar-refractivity contribution in [2.45, 2.75) is 6.54 Å². The smallest absolute Gasteiger partial charge is 0.149 e. The summed E-state index contributed by atoms with van der Waals surface area (Å²) in [4.78, 5) is 0. The molecule has 2 aromatic rings. The molecule has 0 unspecified atom stereocenters. The molecule has 0 spiro atoms. The van der Waals surface area contributed by atoms with Crippen LogP contribution in [0.5, 0.6) is 11.5 Å². The number of ether oxygens (including phenoxy) is 1. The summed E-state index contributed by atoms with van der Waals surface area (Å²) in [6.07, 6.45) is 0. The van der Waals surface area contributed by atoms with Crippen molar-refractivity contribution in [3.05, 3.63) is 53.8 Å². The van der Waals surface area contributed by atoms with E-state index in [4.69, 9.17) is 9.84 Å². The second-order valence-electron chi connectivity index (χ2n) is 3.87. The fraction of sp³-hybridized carbons (Fsp3) is 0.143. The lowest BCUT2D eigenvalue weighted by molar-refractivity contribution is 0.414. The van der Waals surface area contributed by atoms with Crippen LogP contribution in [-0.2, 0) is 6.54 Å². The Kier molecular flexibility index (Phi) is 3.67. The molecule has 0 fully saturated rings. The second-order valence-corrected chi connectivity index (χ2v) is 3.87. The Labute approximate surface area is 105 Å². The molecule has 2 aromatic carbocycles. The largest absolute Gasteiger partial charge is 0.508 e. The Bertz CT molecular complexity index is 526. The molecule has 0 bridgehead atoms. The van der Waals surface area contributed by atoms with Crippen molar-refractivity contribution < 1.29 is 14.2 Å². The van der Waals surface area contributed by atoms with Gasteiger partial charge in [-0.3, -0.25) is 0 Å². The van der Waals surface area contributed by atoms with Crippen LogP contribution < -0.4 is 10.1 Å². The predicted octanol–water partition coefficient (Wildman–Crippen LogP) is 3.15. The molecule has 0 saturated heterocycles. The van der Waals surface area contributed by atoms with E-state index in [1.165, 1.54) is 12.1 Å². The number of hydrogen-bond donors (Lipinski definition) is 2. The minimum Gasteiger partial charge on any atom is -0.508 e. The van der Waals surface area contributed by atoms with Gasteiger partial charge in [-0.15, -0.1) is 0 Å². The molecular weight excluding hydrogens is 233 g/mol. The van der Waals surface area contributed by atoms with E-state index in [2.05, 4.69) is 5.32 Å². The molecular formula is C14H14FNO2. The van der Waals surface area contributed by atoms with Crippen LogP contribution in [-0.4, -0.2) is 12.2 Å².